The minimum absolute atomic E-state index is 0.00413. The Morgan fingerprint density at radius 3 is 2.92 bits per heavy atom. The van der Waals surface area contributed by atoms with Gasteiger partial charge in [0.1, 0.15) is 12.6 Å². The van der Waals surface area contributed by atoms with Crippen LogP contribution in [0.4, 0.5) is 10.5 Å². The van der Waals surface area contributed by atoms with Crippen LogP contribution >= 0.6 is 0 Å². The molecule has 1 aromatic carbocycles. The van der Waals surface area contributed by atoms with Crippen LogP contribution in [-0.2, 0) is 20.9 Å². The number of nitrogens with zero attached hydrogens (tertiary/aromatic N) is 1. The molecule has 2 saturated heterocycles. The molecular formula is C16H16N4O5. The van der Waals surface area contributed by atoms with E-state index in [0.717, 1.165) is 5.56 Å². The monoisotopic (exact) mass is 344 g/mol. The van der Waals surface area contributed by atoms with Gasteiger partial charge in [-0.1, -0.05) is 0 Å². The van der Waals surface area contributed by atoms with E-state index in [1.807, 2.05) is 0 Å². The standard InChI is InChI=1S/C16H16N4O5/c21-13-5-17-14(22)12-4-10(6-20(12)13)19-16(24)18-9-1-2-11-8(3-9)7-25-15(11)23/h1-3,10,12H,4-7H2,(H,17,22)(H2,18,19,24)/t10-,12+/m1/s1. The van der Waals surface area contributed by atoms with Crippen LogP contribution in [0.15, 0.2) is 18.2 Å². The first kappa shape index (κ1) is 15.4. The van der Waals surface area contributed by atoms with Gasteiger partial charge in [0.25, 0.3) is 0 Å². The number of anilines is 1. The second-order valence-electron chi connectivity index (χ2n) is 6.26. The third-order valence-electron chi connectivity index (χ3n) is 4.61. The van der Waals surface area contributed by atoms with Crippen LogP contribution in [0.5, 0.6) is 0 Å². The van der Waals surface area contributed by atoms with Gasteiger partial charge in [0.05, 0.1) is 18.2 Å². The molecule has 25 heavy (non-hydrogen) atoms. The lowest BCUT2D eigenvalue weighted by molar-refractivity contribution is -0.143. The Labute approximate surface area is 142 Å². The molecule has 0 spiro atoms. The van der Waals surface area contributed by atoms with Crippen molar-refractivity contribution in [1.29, 1.82) is 0 Å². The number of nitrogens with one attached hydrogen (secondary N) is 3. The van der Waals surface area contributed by atoms with Crippen molar-refractivity contribution in [2.75, 3.05) is 18.4 Å². The number of rotatable bonds is 2. The molecule has 3 N–H and O–H groups in total. The zero-order valence-corrected chi connectivity index (χ0v) is 13.2. The van der Waals surface area contributed by atoms with Crippen molar-refractivity contribution in [3.63, 3.8) is 0 Å². The van der Waals surface area contributed by atoms with Gasteiger partial charge in [-0.25, -0.2) is 9.59 Å². The number of benzene rings is 1. The van der Waals surface area contributed by atoms with Gasteiger partial charge in [0.15, 0.2) is 0 Å². The first-order valence-electron chi connectivity index (χ1n) is 7.96. The molecule has 130 valence electrons. The van der Waals surface area contributed by atoms with Gasteiger partial charge in [-0.3, -0.25) is 9.59 Å². The molecule has 0 radical (unpaired) electrons. The van der Waals surface area contributed by atoms with Crippen LogP contribution in [0.25, 0.3) is 0 Å². The maximum absolute atomic E-state index is 12.2. The van der Waals surface area contributed by atoms with Gasteiger partial charge in [-0.2, -0.15) is 0 Å². The number of urea groups is 1. The molecule has 0 bridgehead atoms. The van der Waals surface area contributed by atoms with Gasteiger partial charge >= 0.3 is 12.0 Å². The molecule has 2 fully saturated rings. The van der Waals surface area contributed by atoms with Crippen LogP contribution in [0.3, 0.4) is 0 Å². The summed E-state index contributed by atoms with van der Waals surface area (Å²) < 4.78 is 4.92. The summed E-state index contributed by atoms with van der Waals surface area (Å²) in [5, 5.41) is 8.02. The predicted molar refractivity (Wildman–Crippen MR) is 84.6 cm³/mol. The SMILES string of the molecule is O=C(Nc1ccc2c(c1)COC2=O)N[C@@H]1C[C@H]2C(=O)NCC(=O)N2C1. The minimum atomic E-state index is -0.519. The second-order valence-corrected chi connectivity index (χ2v) is 6.26. The van der Waals surface area contributed by atoms with E-state index < -0.39 is 12.1 Å². The van der Waals surface area contributed by atoms with Crippen molar-refractivity contribution >= 4 is 29.5 Å². The molecule has 3 aliphatic rings. The molecule has 2 atom stereocenters. The van der Waals surface area contributed by atoms with E-state index in [2.05, 4.69) is 16.0 Å². The molecule has 3 heterocycles. The molecule has 4 rings (SSSR count). The molecule has 0 aliphatic carbocycles. The second kappa shape index (κ2) is 5.76. The molecule has 9 nitrogen and oxygen atoms in total. The molecule has 1 aromatic rings. The topological polar surface area (TPSA) is 117 Å². The Bertz CT molecular complexity index is 769. The van der Waals surface area contributed by atoms with E-state index in [4.69, 9.17) is 4.74 Å². The lowest BCUT2D eigenvalue weighted by Crippen LogP contribution is -2.55. The van der Waals surface area contributed by atoms with Crippen LogP contribution in [0, 0.1) is 0 Å². The summed E-state index contributed by atoms with van der Waals surface area (Å²) in [6, 6.07) is 3.68. The first-order chi connectivity index (χ1) is 12.0. The van der Waals surface area contributed by atoms with E-state index in [1.54, 1.807) is 18.2 Å². The molecule has 0 unspecified atom stereocenters. The van der Waals surface area contributed by atoms with E-state index in [0.29, 0.717) is 24.2 Å². The third-order valence-corrected chi connectivity index (χ3v) is 4.61. The van der Waals surface area contributed by atoms with Crippen molar-refractivity contribution in [2.45, 2.75) is 25.1 Å². The van der Waals surface area contributed by atoms with Crippen LogP contribution in [-0.4, -0.2) is 53.9 Å². The van der Waals surface area contributed by atoms with Crippen molar-refractivity contribution in [2.24, 2.45) is 0 Å². The normalized spacial score (nSPS) is 24.3. The number of amides is 4. The Balaban J connectivity index is 1.38. The Hall–Kier alpha value is -3.10. The summed E-state index contributed by atoms with van der Waals surface area (Å²) in [6.07, 6.45) is 0.386. The van der Waals surface area contributed by atoms with Crippen molar-refractivity contribution in [3.8, 4) is 0 Å². The van der Waals surface area contributed by atoms with Gasteiger partial charge < -0.3 is 25.6 Å². The van der Waals surface area contributed by atoms with Crippen LogP contribution in [0.1, 0.15) is 22.3 Å². The maximum Gasteiger partial charge on any atom is 0.338 e. The quantitative estimate of drug-likeness (QED) is 0.630. The molecule has 9 heteroatoms. The first-order valence-corrected chi connectivity index (χ1v) is 7.96. The molecular weight excluding hydrogens is 328 g/mol. The maximum atomic E-state index is 12.2. The van der Waals surface area contributed by atoms with Gasteiger partial charge in [-0.05, 0) is 24.6 Å². The van der Waals surface area contributed by atoms with E-state index in [9.17, 15) is 19.2 Å². The number of hydrogen-bond donors (Lipinski definition) is 3. The molecule has 0 aromatic heterocycles. The number of cyclic esters (lactones) is 1. The third kappa shape index (κ3) is 2.77. The summed E-state index contributed by atoms with van der Waals surface area (Å²) in [6.45, 7) is 0.517. The zero-order valence-electron chi connectivity index (χ0n) is 13.2. The predicted octanol–water partition coefficient (Wildman–Crippen LogP) is -0.422. The molecule has 4 amide bonds. The zero-order chi connectivity index (χ0) is 17.6. The fourth-order valence-corrected chi connectivity index (χ4v) is 3.41. The fraction of sp³-hybridized carbons (Fsp3) is 0.375. The highest BCUT2D eigenvalue weighted by Gasteiger charge is 2.42. The fourth-order valence-electron chi connectivity index (χ4n) is 3.41. The molecule has 0 saturated carbocycles. The highest BCUT2D eigenvalue weighted by molar-refractivity contribution is 5.97. The number of hydrogen-bond acceptors (Lipinski definition) is 5. The Kier molecular flexibility index (Phi) is 3.56. The summed E-state index contributed by atoms with van der Waals surface area (Å²) in [5.74, 6) is -0.693. The number of esters is 1. The number of carbonyl (C=O) groups excluding carboxylic acids is 4. The summed E-state index contributed by atoms with van der Waals surface area (Å²) in [7, 11) is 0. The van der Waals surface area contributed by atoms with Gasteiger partial charge in [-0.15, -0.1) is 0 Å². The molecule has 3 aliphatic heterocycles. The van der Waals surface area contributed by atoms with Crippen molar-refractivity contribution in [1.82, 2.24) is 15.5 Å². The Morgan fingerprint density at radius 2 is 2.12 bits per heavy atom. The number of ether oxygens (including phenoxy) is 1. The smallest absolute Gasteiger partial charge is 0.338 e. The lowest BCUT2D eigenvalue weighted by atomic mass is 10.1. The van der Waals surface area contributed by atoms with Crippen molar-refractivity contribution < 1.29 is 23.9 Å². The van der Waals surface area contributed by atoms with Crippen LogP contribution < -0.4 is 16.0 Å². The number of piperazine rings is 1. The average molecular weight is 344 g/mol. The van der Waals surface area contributed by atoms with Crippen LogP contribution in [0.2, 0.25) is 0 Å². The number of fused-ring (bicyclic) bond motifs is 2. The van der Waals surface area contributed by atoms with Gasteiger partial charge in [0, 0.05) is 17.8 Å². The van der Waals surface area contributed by atoms with E-state index >= 15 is 0 Å². The largest absolute Gasteiger partial charge is 0.457 e. The summed E-state index contributed by atoms with van der Waals surface area (Å²) in [4.78, 5) is 48.7. The summed E-state index contributed by atoms with van der Waals surface area (Å²) >= 11 is 0. The highest BCUT2D eigenvalue weighted by Crippen LogP contribution is 2.24. The van der Waals surface area contributed by atoms with E-state index in [1.165, 1.54) is 4.90 Å². The van der Waals surface area contributed by atoms with Crippen molar-refractivity contribution in [3.05, 3.63) is 29.3 Å². The number of carbonyl (C=O) groups is 4. The van der Waals surface area contributed by atoms with E-state index in [-0.39, 0.29) is 37.0 Å². The van der Waals surface area contributed by atoms with Gasteiger partial charge in [0.2, 0.25) is 11.8 Å². The Morgan fingerprint density at radius 1 is 1.28 bits per heavy atom. The summed E-state index contributed by atoms with van der Waals surface area (Å²) in [5.41, 5.74) is 1.77. The average Bonchev–Trinajstić information content (AvgIpc) is 3.16. The lowest BCUT2D eigenvalue weighted by Gasteiger charge is -2.28. The minimum Gasteiger partial charge on any atom is -0.457 e. The highest BCUT2D eigenvalue weighted by atomic mass is 16.5.